The van der Waals surface area contributed by atoms with E-state index in [1.165, 1.54) is 6.07 Å². The number of nitro groups is 1. The van der Waals surface area contributed by atoms with Gasteiger partial charge in [0, 0.05) is 49.2 Å². The number of nitro benzene ring substituents is 1. The lowest BCUT2D eigenvalue weighted by molar-refractivity contribution is -0.385. The molecule has 1 rings (SSSR count). The summed E-state index contributed by atoms with van der Waals surface area (Å²) in [6.45, 7) is 0.709. The third-order valence-corrected chi connectivity index (χ3v) is 3.21. The SMILES string of the molecule is CNc1cc(SCCCOC)cc([N+](=O)[O-])c1. The lowest BCUT2D eigenvalue weighted by Crippen LogP contribution is -1.94. The van der Waals surface area contributed by atoms with Gasteiger partial charge in [-0.2, -0.15) is 0 Å². The van der Waals surface area contributed by atoms with Crippen LogP contribution < -0.4 is 5.32 Å². The van der Waals surface area contributed by atoms with Crippen molar-refractivity contribution in [3.8, 4) is 0 Å². The molecule has 6 heteroatoms. The van der Waals surface area contributed by atoms with Crippen LogP contribution in [0.3, 0.4) is 0 Å². The van der Waals surface area contributed by atoms with Gasteiger partial charge in [0.25, 0.3) is 5.69 Å². The summed E-state index contributed by atoms with van der Waals surface area (Å²) in [6, 6.07) is 5.03. The van der Waals surface area contributed by atoms with Crippen LogP contribution >= 0.6 is 11.8 Å². The Morgan fingerprint density at radius 1 is 1.47 bits per heavy atom. The van der Waals surface area contributed by atoms with Gasteiger partial charge in [-0.15, -0.1) is 11.8 Å². The first-order valence-electron chi connectivity index (χ1n) is 5.26. The minimum Gasteiger partial charge on any atom is -0.388 e. The van der Waals surface area contributed by atoms with Crippen LogP contribution in [0.25, 0.3) is 0 Å². The number of methoxy groups -OCH3 is 1. The molecule has 0 spiro atoms. The Morgan fingerprint density at radius 3 is 2.82 bits per heavy atom. The topological polar surface area (TPSA) is 64.4 Å². The molecule has 0 atom stereocenters. The summed E-state index contributed by atoms with van der Waals surface area (Å²) in [5, 5.41) is 13.7. The highest BCUT2D eigenvalue weighted by molar-refractivity contribution is 7.99. The number of anilines is 1. The maximum Gasteiger partial charge on any atom is 0.272 e. The van der Waals surface area contributed by atoms with Crippen LogP contribution in [0.15, 0.2) is 23.1 Å². The lowest BCUT2D eigenvalue weighted by Gasteiger charge is -2.05. The third-order valence-electron chi connectivity index (χ3n) is 2.15. The molecule has 0 radical (unpaired) electrons. The van der Waals surface area contributed by atoms with E-state index in [-0.39, 0.29) is 10.6 Å². The largest absolute Gasteiger partial charge is 0.388 e. The molecule has 0 aliphatic carbocycles. The van der Waals surface area contributed by atoms with Gasteiger partial charge in [-0.1, -0.05) is 0 Å². The number of ether oxygens (including phenoxy) is 1. The average molecular weight is 256 g/mol. The molecule has 94 valence electrons. The quantitative estimate of drug-likeness (QED) is 0.352. The molecule has 0 aromatic heterocycles. The zero-order valence-corrected chi connectivity index (χ0v) is 10.8. The van der Waals surface area contributed by atoms with E-state index in [0.29, 0.717) is 6.61 Å². The third kappa shape index (κ3) is 4.62. The van der Waals surface area contributed by atoms with Gasteiger partial charge in [-0.05, 0) is 12.5 Å². The fourth-order valence-corrected chi connectivity index (χ4v) is 2.22. The molecule has 1 aromatic rings. The Balaban J connectivity index is 2.70. The van der Waals surface area contributed by atoms with E-state index in [9.17, 15) is 10.1 Å². The van der Waals surface area contributed by atoms with Crippen LogP contribution in [0, 0.1) is 10.1 Å². The summed E-state index contributed by atoms with van der Waals surface area (Å²) >= 11 is 1.60. The number of thioether (sulfide) groups is 1. The maximum absolute atomic E-state index is 10.7. The van der Waals surface area contributed by atoms with Crippen molar-refractivity contribution >= 4 is 23.1 Å². The smallest absolute Gasteiger partial charge is 0.272 e. The highest BCUT2D eigenvalue weighted by atomic mass is 32.2. The van der Waals surface area contributed by atoms with Gasteiger partial charge >= 0.3 is 0 Å². The van der Waals surface area contributed by atoms with Crippen molar-refractivity contribution in [2.45, 2.75) is 11.3 Å². The number of nitrogens with zero attached hydrogens (tertiary/aromatic N) is 1. The van der Waals surface area contributed by atoms with Gasteiger partial charge in [0.2, 0.25) is 0 Å². The second-order valence-electron chi connectivity index (χ2n) is 3.42. The fourth-order valence-electron chi connectivity index (χ4n) is 1.31. The second-order valence-corrected chi connectivity index (χ2v) is 4.59. The number of non-ortho nitro benzene ring substituents is 1. The van der Waals surface area contributed by atoms with E-state index < -0.39 is 0 Å². The standard InChI is InChI=1S/C11H16N2O3S/c1-12-9-6-10(13(14)15)8-11(7-9)17-5-3-4-16-2/h6-8,12H,3-5H2,1-2H3. The summed E-state index contributed by atoms with van der Waals surface area (Å²) in [6.07, 6.45) is 0.929. The van der Waals surface area contributed by atoms with E-state index >= 15 is 0 Å². The molecule has 0 unspecified atom stereocenters. The average Bonchev–Trinajstić information content (AvgIpc) is 2.34. The number of benzene rings is 1. The van der Waals surface area contributed by atoms with Crippen molar-refractivity contribution in [3.05, 3.63) is 28.3 Å². The fraction of sp³-hybridized carbons (Fsp3) is 0.455. The molecule has 0 fully saturated rings. The Labute approximate surface area is 105 Å². The Morgan fingerprint density at radius 2 is 2.24 bits per heavy atom. The van der Waals surface area contributed by atoms with Gasteiger partial charge in [-0.25, -0.2) is 0 Å². The van der Waals surface area contributed by atoms with E-state index in [0.717, 1.165) is 22.8 Å². The van der Waals surface area contributed by atoms with Gasteiger partial charge in [-0.3, -0.25) is 10.1 Å². The van der Waals surface area contributed by atoms with E-state index in [2.05, 4.69) is 5.32 Å². The Kier molecular flexibility index (Phi) is 5.79. The first-order chi connectivity index (χ1) is 8.17. The van der Waals surface area contributed by atoms with Crippen molar-refractivity contribution in [2.75, 3.05) is 31.8 Å². The van der Waals surface area contributed by atoms with Gasteiger partial charge in [0.15, 0.2) is 0 Å². The van der Waals surface area contributed by atoms with Crippen molar-refractivity contribution in [3.63, 3.8) is 0 Å². The van der Waals surface area contributed by atoms with E-state index in [4.69, 9.17) is 4.74 Å². The molecule has 1 N–H and O–H groups in total. The minimum atomic E-state index is -0.375. The van der Waals surface area contributed by atoms with Gasteiger partial charge in [0.05, 0.1) is 4.92 Å². The maximum atomic E-state index is 10.7. The Bertz CT molecular complexity index is 385. The van der Waals surface area contributed by atoms with Crippen molar-refractivity contribution in [1.29, 1.82) is 0 Å². The lowest BCUT2D eigenvalue weighted by atomic mass is 10.3. The molecule has 5 nitrogen and oxygen atoms in total. The summed E-state index contributed by atoms with van der Waals surface area (Å²) in [7, 11) is 3.41. The van der Waals surface area contributed by atoms with Crippen molar-refractivity contribution in [1.82, 2.24) is 0 Å². The Hall–Kier alpha value is -1.27. The molecule has 17 heavy (non-hydrogen) atoms. The molecule has 0 saturated carbocycles. The molecular formula is C11H16N2O3S. The zero-order chi connectivity index (χ0) is 12.7. The summed E-state index contributed by atoms with van der Waals surface area (Å²) < 4.78 is 4.95. The van der Waals surface area contributed by atoms with Crippen LogP contribution in [-0.4, -0.2) is 31.4 Å². The minimum absolute atomic E-state index is 0.117. The van der Waals surface area contributed by atoms with Gasteiger partial charge in [0.1, 0.15) is 0 Å². The van der Waals surface area contributed by atoms with Gasteiger partial charge < -0.3 is 10.1 Å². The molecule has 0 amide bonds. The molecule has 0 aliphatic rings. The first kappa shape index (κ1) is 13.8. The number of nitrogens with one attached hydrogen (secondary N) is 1. The predicted octanol–water partition coefficient (Wildman–Crippen LogP) is 2.77. The monoisotopic (exact) mass is 256 g/mol. The molecule has 0 bridgehead atoms. The van der Waals surface area contributed by atoms with Crippen LogP contribution in [0.1, 0.15) is 6.42 Å². The zero-order valence-electron chi connectivity index (χ0n) is 9.93. The van der Waals surface area contributed by atoms with Crippen molar-refractivity contribution in [2.24, 2.45) is 0 Å². The predicted molar refractivity (Wildman–Crippen MR) is 69.9 cm³/mol. The van der Waals surface area contributed by atoms with Crippen LogP contribution in [-0.2, 0) is 4.74 Å². The molecule has 0 heterocycles. The summed E-state index contributed by atoms with van der Waals surface area (Å²) in [4.78, 5) is 11.3. The molecule has 1 aromatic carbocycles. The van der Waals surface area contributed by atoms with E-state index in [1.807, 2.05) is 6.07 Å². The molecule has 0 aliphatic heterocycles. The van der Waals surface area contributed by atoms with Crippen molar-refractivity contribution < 1.29 is 9.66 Å². The molecular weight excluding hydrogens is 240 g/mol. The van der Waals surface area contributed by atoms with Crippen LogP contribution in [0.5, 0.6) is 0 Å². The highest BCUT2D eigenvalue weighted by Crippen LogP contribution is 2.28. The van der Waals surface area contributed by atoms with Crippen LogP contribution in [0.4, 0.5) is 11.4 Å². The first-order valence-corrected chi connectivity index (χ1v) is 6.25. The second kappa shape index (κ2) is 7.13. The number of hydrogen-bond donors (Lipinski definition) is 1. The normalized spacial score (nSPS) is 10.2. The number of rotatable bonds is 7. The van der Waals surface area contributed by atoms with Crippen LogP contribution in [0.2, 0.25) is 0 Å². The van der Waals surface area contributed by atoms with E-state index in [1.54, 1.807) is 32.0 Å². The molecule has 0 saturated heterocycles. The number of hydrogen-bond acceptors (Lipinski definition) is 5. The highest BCUT2D eigenvalue weighted by Gasteiger charge is 2.09. The summed E-state index contributed by atoms with van der Waals surface area (Å²) in [5.41, 5.74) is 0.875. The summed E-state index contributed by atoms with van der Waals surface area (Å²) in [5.74, 6) is 0.887.